The molecular formula is C52H32N2S2. The minimum Gasteiger partial charge on any atom is -0.228 e. The fourth-order valence-electron chi connectivity index (χ4n) is 7.90. The first-order valence-electron chi connectivity index (χ1n) is 18.8. The van der Waals surface area contributed by atoms with Gasteiger partial charge in [0, 0.05) is 57.0 Å². The summed E-state index contributed by atoms with van der Waals surface area (Å²) in [5.74, 6) is 0.697. The molecule has 0 saturated heterocycles. The van der Waals surface area contributed by atoms with Crippen LogP contribution in [0.3, 0.4) is 0 Å². The van der Waals surface area contributed by atoms with Gasteiger partial charge in [-0.1, -0.05) is 146 Å². The minimum absolute atomic E-state index is 0.697. The van der Waals surface area contributed by atoms with Crippen molar-refractivity contribution in [3.63, 3.8) is 0 Å². The second-order valence-electron chi connectivity index (χ2n) is 14.2. The van der Waals surface area contributed by atoms with Gasteiger partial charge in [0.1, 0.15) is 0 Å². The van der Waals surface area contributed by atoms with Gasteiger partial charge in [-0.05, 0) is 81.9 Å². The van der Waals surface area contributed by atoms with E-state index in [1.54, 1.807) is 0 Å². The van der Waals surface area contributed by atoms with Crippen LogP contribution in [0.25, 0.3) is 108 Å². The zero-order valence-electron chi connectivity index (χ0n) is 30.2. The summed E-state index contributed by atoms with van der Waals surface area (Å²) in [5.41, 5.74) is 11.8. The van der Waals surface area contributed by atoms with Crippen molar-refractivity contribution in [2.75, 3.05) is 0 Å². The van der Waals surface area contributed by atoms with Gasteiger partial charge >= 0.3 is 0 Å². The Labute approximate surface area is 332 Å². The van der Waals surface area contributed by atoms with Gasteiger partial charge in [0.2, 0.25) is 0 Å². The molecule has 3 aromatic heterocycles. The number of benzene rings is 8. The first-order chi connectivity index (χ1) is 27.7. The molecule has 11 rings (SSSR count). The van der Waals surface area contributed by atoms with E-state index < -0.39 is 0 Å². The monoisotopic (exact) mass is 748 g/mol. The highest BCUT2D eigenvalue weighted by Crippen LogP contribution is 2.42. The topological polar surface area (TPSA) is 25.8 Å². The van der Waals surface area contributed by atoms with Gasteiger partial charge in [-0.3, -0.25) is 0 Å². The summed E-state index contributed by atoms with van der Waals surface area (Å²) in [5, 5.41) is 5.13. The van der Waals surface area contributed by atoms with Crippen LogP contribution in [0.5, 0.6) is 0 Å². The highest BCUT2D eigenvalue weighted by Gasteiger charge is 2.18. The lowest BCUT2D eigenvalue weighted by molar-refractivity contribution is 1.18. The van der Waals surface area contributed by atoms with Gasteiger partial charge in [0.05, 0.1) is 11.4 Å². The van der Waals surface area contributed by atoms with Crippen molar-refractivity contribution in [3.05, 3.63) is 194 Å². The van der Waals surface area contributed by atoms with Gasteiger partial charge in [-0.25, -0.2) is 9.97 Å². The molecule has 0 radical (unpaired) electrons. The van der Waals surface area contributed by atoms with Gasteiger partial charge in [-0.2, -0.15) is 0 Å². The molecule has 4 heteroatoms. The van der Waals surface area contributed by atoms with Crippen LogP contribution in [0.1, 0.15) is 0 Å². The number of fused-ring (bicyclic) bond motifs is 6. The van der Waals surface area contributed by atoms with Gasteiger partial charge in [-0.15, -0.1) is 22.7 Å². The SMILES string of the molecule is c1ccc(-c2ccc(-c3cc(-c4ccccc4)nc(-c4cc(-c5ccc6sc7ccccc7c6c5)ccc4-c4ccc5sc6ccccc6c5c4)n3)cc2)cc1. The maximum Gasteiger partial charge on any atom is 0.161 e. The second kappa shape index (κ2) is 13.5. The van der Waals surface area contributed by atoms with Gasteiger partial charge in [0.15, 0.2) is 5.82 Å². The summed E-state index contributed by atoms with van der Waals surface area (Å²) >= 11 is 3.69. The molecule has 8 aromatic carbocycles. The Hall–Kier alpha value is -6.72. The molecule has 0 bridgehead atoms. The Morgan fingerprint density at radius 1 is 0.268 bits per heavy atom. The van der Waals surface area contributed by atoms with Crippen LogP contribution in [-0.2, 0) is 0 Å². The quantitative estimate of drug-likeness (QED) is 0.169. The highest BCUT2D eigenvalue weighted by molar-refractivity contribution is 7.26. The maximum absolute atomic E-state index is 5.40. The zero-order valence-corrected chi connectivity index (χ0v) is 31.8. The van der Waals surface area contributed by atoms with Gasteiger partial charge < -0.3 is 0 Å². The third kappa shape index (κ3) is 5.79. The standard InChI is InChI=1S/C52H32N2S2/c1-3-11-33(12-4-1)34-19-21-36(22-20-34)47-32-46(35-13-5-2-6-14-35)53-52(54-47)45-30-37(38-24-27-50-43(29-38)41-15-7-9-17-48(41)55-50)23-26-40(45)39-25-28-51-44(31-39)42-16-8-10-18-49(42)56-51/h1-32H. The number of hydrogen-bond acceptors (Lipinski definition) is 4. The first-order valence-corrected chi connectivity index (χ1v) is 20.4. The van der Waals surface area contributed by atoms with Crippen molar-refractivity contribution < 1.29 is 0 Å². The molecule has 0 unspecified atom stereocenters. The van der Waals surface area contributed by atoms with E-state index in [0.29, 0.717) is 5.82 Å². The van der Waals surface area contributed by atoms with E-state index in [-0.39, 0.29) is 0 Å². The lowest BCUT2D eigenvalue weighted by Gasteiger charge is -2.15. The largest absolute Gasteiger partial charge is 0.228 e. The Balaban J connectivity index is 1.13. The number of nitrogens with zero attached hydrogens (tertiary/aromatic N) is 2. The normalized spacial score (nSPS) is 11.6. The number of rotatable bonds is 6. The van der Waals surface area contributed by atoms with Crippen molar-refractivity contribution in [1.82, 2.24) is 9.97 Å². The first kappa shape index (κ1) is 32.7. The van der Waals surface area contributed by atoms with Crippen LogP contribution in [0.15, 0.2) is 194 Å². The highest BCUT2D eigenvalue weighted by atomic mass is 32.1. The molecule has 0 spiro atoms. The van der Waals surface area contributed by atoms with E-state index in [2.05, 4.69) is 188 Å². The zero-order chi connectivity index (χ0) is 37.0. The lowest BCUT2D eigenvalue weighted by atomic mass is 9.93. The fraction of sp³-hybridized carbons (Fsp3) is 0. The van der Waals surface area contributed by atoms with E-state index >= 15 is 0 Å². The third-order valence-electron chi connectivity index (χ3n) is 10.7. The average Bonchev–Trinajstić information content (AvgIpc) is 3.84. The van der Waals surface area contributed by atoms with E-state index in [4.69, 9.17) is 9.97 Å². The van der Waals surface area contributed by atoms with Crippen LogP contribution >= 0.6 is 22.7 Å². The smallest absolute Gasteiger partial charge is 0.161 e. The molecule has 56 heavy (non-hydrogen) atoms. The molecule has 0 saturated carbocycles. The van der Waals surface area contributed by atoms with Crippen LogP contribution in [0.2, 0.25) is 0 Å². The van der Waals surface area contributed by atoms with Crippen molar-refractivity contribution in [2.24, 2.45) is 0 Å². The Bertz CT molecular complexity index is 3230. The minimum atomic E-state index is 0.697. The van der Waals surface area contributed by atoms with Crippen LogP contribution in [-0.4, -0.2) is 9.97 Å². The average molecular weight is 749 g/mol. The number of aromatic nitrogens is 2. The van der Waals surface area contributed by atoms with Crippen molar-refractivity contribution in [3.8, 4) is 67.3 Å². The number of hydrogen-bond donors (Lipinski definition) is 0. The molecule has 0 aliphatic carbocycles. The van der Waals surface area contributed by atoms with Crippen LogP contribution in [0.4, 0.5) is 0 Å². The maximum atomic E-state index is 5.40. The van der Waals surface area contributed by atoms with Crippen molar-refractivity contribution in [2.45, 2.75) is 0 Å². The molecule has 0 aliphatic rings. The Morgan fingerprint density at radius 3 is 1.34 bits per heavy atom. The number of thiophene rings is 2. The van der Waals surface area contributed by atoms with Crippen LogP contribution < -0.4 is 0 Å². The lowest BCUT2D eigenvalue weighted by Crippen LogP contribution is -1.98. The molecule has 11 aromatic rings. The summed E-state index contributed by atoms with van der Waals surface area (Å²) in [6.45, 7) is 0. The molecule has 0 atom stereocenters. The van der Waals surface area contributed by atoms with Gasteiger partial charge in [0.25, 0.3) is 0 Å². The summed E-state index contributed by atoms with van der Waals surface area (Å²) < 4.78 is 5.19. The summed E-state index contributed by atoms with van der Waals surface area (Å²) in [6.07, 6.45) is 0. The third-order valence-corrected chi connectivity index (χ3v) is 13.0. The fourth-order valence-corrected chi connectivity index (χ4v) is 10.1. The summed E-state index contributed by atoms with van der Waals surface area (Å²) in [7, 11) is 0. The molecule has 0 fully saturated rings. The van der Waals surface area contributed by atoms with E-state index in [0.717, 1.165) is 44.8 Å². The summed E-state index contributed by atoms with van der Waals surface area (Å²) in [4.78, 5) is 10.8. The second-order valence-corrected chi connectivity index (χ2v) is 16.3. The Kier molecular flexibility index (Phi) is 7.90. The molecular weight excluding hydrogens is 717 g/mol. The molecule has 3 heterocycles. The molecule has 2 nitrogen and oxygen atoms in total. The van der Waals surface area contributed by atoms with Crippen LogP contribution in [0, 0.1) is 0 Å². The van der Waals surface area contributed by atoms with E-state index in [9.17, 15) is 0 Å². The molecule has 0 amide bonds. The molecule has 0 N–H and O–H groups in total. The van der Waals surface area contributed by atoms with E-state index in [1.165, 1.54) is 57.0 Å². The summed E-state index contributed by atoms with van der Waals surface area (Å²) in [6, 6.07) is 69.7. The Morgan fingerprint density at radius 2 is 0.696 bits per heavy atom. The van der Waals surface area contributed by atoms with Crippen molar-refractivity contribution >= 4 is 63.0 Å². The predicted octanol–water partition coefficient (Wildman–Crippen LogP) is 15.2. The predicted molar refractivity (Wildman–Crippen MR) is 240 cm³/mol. The molecule has 262 valence electrons. The molecule has 0 aliphatic heterocycles. The van der Waals surface area contributed by atoms with E-state index in [1.807, 2.05) is 28.7 Å². The van der Waals surface area contributed by atoms with Crippen molar-refractivity contribution in [1.29, 1.82) is 0 Å².